The van der Waals surface area contributed by atoms with Gasteiger partial charge < -0.3 is 19.7 Å². The lowest BCUT2D eigenvalue weighted by Crippen LogP contribution is -2.35. The second kappa shape index (κ2) is 11.2. The highest BCUT2D eigenvalue weighted by Crippen LogP contribution is 2.36. The van der Waals surface area contributed by atoms with Crippen molar-refractivity contribution in [2.24, 2.45) is 0 Å². The molecule has 31 heavy (non-hydrogen) atoms. The van der Waals surface area contributed by atoms with E-state index in [9.17, 15) is 9.59 Å². The van der Waals surface area contributed by atoms with Crippen LogP contribution in [0.5, 0.6) is 11.5 Å². The van der Waals surface area contributed by atoms with Crippen molar-refractivity contribution in [2.45, 2.75) is 39.2 Å². The monoisotopic (exact) mass is 488 g/mol. The Morgan fingerprint density at radius 3 is 2.58 bits per heavy atom. The van der Waals surface area contributed by atoms with E-state index in [-0.39, 0.29) is 11.8 Å². The molecule has 0 spiro atoms. The molecule has 3 rings (SSSR count). The smallest absolute Gasteiger partial charge is 0.253 e. The molecule has 0 aromatic heterocycles. The van der Waals surface area contributed by atoms with Gasteiger partial charge in [-0.2, -0.15) is 0 Å². The number of piperidine rings is 1. The molecular formula is C24H29BrN2O4. The van der Waals surface area contributed by atoms with Crippen LogP contribution in [0.4, 0.5) is 0 Å². The third-order valence-electron chi connectivity index (χ3n) is 5.21. The minimum atomic E-state index is -0.228. The van der Waals surface area contributed by atoms with Crippen molar-refractivity contribution >= 4 is 27.7 Å². The first-order valence-corrected chi connectivity index (χ1v) is 11.5. The lowest BCUT2D eigenvalue weighted by atomic mass is 10.1. The second-order valence-electron chi connectivity index (χ2n) is 7.57. The number of hydrogen-bond acceptors (Lipinski definition) is 4. The molecule has 1 saturated heterocycles. The summed E-state index contributed by atoms with van der Waals surface area (Å²) in [6.07, 6.45) is 4.17. The zero-order chi connectivity index (χ0) is 22.2. The SMILES string of the molecule is CCCOc1c(Br)cc(C(=O)NCc2cccc(C(=O)N3CCCCC3)c2)cc1OC. The molecule has 2 aromatic rings. The van der Waals surface area contributed by atoms with E-state index in [1.807, 2.05) is 36.1 Å². The first kappa shape index (κ1) is 23.1. The van der Waals surface area contributed by atoms with Gasteiger partial charge in [0.25, 0.3) is 11.8 Å². The third-order valence-corrected chi connectivity index (χ3v) is 5.80. The zero-order valence-electron chi connectivity index (χ0n) is 18.1. The summed E-state index contributed by atoms with van der Waals surface area (Å²) < 4.78 is 11.8. The van der Waals surface area contributed by atoms with Crippen LogP contribution in [0.3, 0.4) is 0 Å². The summed E-state index contributed by atoms with van der Waals surface area (Å²) in [5.41, 5.74) is 2.01. The van der Waals surface area contributed by atoms with Gasteiger partial charge in [0.05, 0.1) is 18.2 Å². The molecule has 1 fully saturated rings. The molecule has 0 atom stereocenters. The molecule has 0 radical (unpaired) electrons. The Morgan fingerprint density at radius 2 is 1.87 bits per heavy atom. The second-order valence-corrected chi connectivity index (χ2v) is 8.43. The molecule has 2 aromatic carbocycles. The van der Waals surface area contributed by atoms with Gasteiger partial charge in [-0.25, -0.2) is 0 Å². The minimum Gasteiger partial charge on any atom is -0.493 e. The number of benzene rings is 2. The van der Waals surface area contributed by atoms with Crippen molar-refractivity contribution < 1.29 is 19.1 Å². The highest BCUT2D eigenvalue weighted by Gasteiger charge is 2.19. The summed E-state index contributed by atoms with van der Waals surface area (Å²) in [7, 11) is 1.55. The fourth-order valence-corrected chi connectivity index (χ4v) is 4.13. The van der Waals surface area contributed by atoms with E-state index in [0.29, 0.717) is 40.3 Å². The van der Waals surface area contributed by atoms with E-state index in [0.717, 1.165) is 37.9 Å². The highest BCUT2D eigenvalue weighted by molar-refractivity contribution is 9.10. The maximum absolute atomic E-state index is 12.7. The standard InChI is InChI=1S/C24H29BrN2O4/c1-3-12-31-22-20(25)14-19(15-21(22)30-2)23(28)26-16-17-8-7-9-18(13-17)24(29)27-10-5-4-6-11-27/h7-9,13-15H,3-6,10-12,16H2,1-2H3,(H,26,28). The van der Waals surface area contributed by atoms with E-state index >= 15 is 0 Å². The normalized spacial score (nSPS) is 13.6. The Bertz CT molecular complexity index is 926. The maximum atomic E-state index is 12.7. The van der Waals surface area contributed by atoms with E-state index in [1.54, 1.807) is 19.2 Å². The van der Waals surface area contributed by atoms with Crippen LogP contribution in [-0.2, 0) is 6.54 Å². The highest BCUT2D eigenvalue weighted by atomic mass is 79.9. The van der Waals surface area contributed by atoms with E-state index in [4.69, 9.17) is 9.47 Å². The number of rotatable bonds is 8. The predicted octanol–water partition coefficient (Wildman–Crippen LogP) is 4.80. The van der Waals surface area contributed by atoms with Crippen molar-refractivity contribution in [3.8, 4) is 11.5 Å². The van der Waals surface area contributed by atoms with Gasteiger partial charge in [-0.3, -0.25) is 9.59 Å². The molecule has 0 unspecified atom stereocenters. The van der Waals surface area contributed by atoms with Gasteiger partial charge in [-0.05, 0) is 71.4 Å². The van der Waals surface area contributed by atoms with Gasteiger partial charge in [-0.15, -0.1) is 0 Å². The van der Waals surface area contributed by atoms with Crippen molar-refractivity contribution in [3.05, 3.63) is 57.6 Å². The van der Waals surface area contributed by atoms with Crippen LogP contribution in [0.2, 0.25) is 0 Å². The Morgan fingerprint density at radius 1 is 1.10 bits per heavy atom. The van der Waals surface area contributed by atoms with Gasteiger partial charge in [0, 0.05) is 30.8 Å². The van der Waals surface area contributed by atoms with Crippen LogP contribution in [0, 0.1) is 0 Å². The number of methoxy groups -OCH3 is 1. The van der Waals surface area contributed by atoms with E-state index in [2.05, 4.69) is 21.2 Å². The third kappa shape index (κ3) is 6.00. The first-order chi connectivity index (χ1) is 15.0. The molecular weight excluding hydrogens is 460 g/mol. The molecule has 1 N–H and O–H groups in total. The molecule has 166 valence electrons. The first-order valence-electron chi connectivity index (χ1n) is 10.7. The molecule has 2 amide bonds. The Kier molecular flexibility index (Phi) is 8.35. The van der Waals surface area contributed by atoms with Crippen molar-refractivity contribution in [1.29, 1.82) is 0 Å². The average molecular weight is 489 g/mol. The van der Waals surface area contributed by atoms with Crippen molar-refractivity contribution in [2.75, 3.05) is 26.8 Å². The number of amides is 2. The molecule has 1 aliphatic rings. The molecule has 0 bridgehead atoms. The zero-order valence-corrected chi connectivity index (χ0v) is 19.7. The number of nitrogens with one attached hydrogen (secondary N) is 1. The number of carbonyl (C=O) groups excluding carboxylic acids is 2. The van der Waals surface area contributed by atoms with Gasteiger partial charge >= 0.3 is 0 Å². The number of hydrogen-bond donors (Lipinski definition) is 1. The van der Waals surface area contributed by atoms with Crippen LogP contribution < -0.4 is 14.8 Å². The molecule has 1 heterocycles. The van der Waals surface area contributed by atoms with Crippen LogP contribution in [0.1, 0.15) is 58.9 Å². The lowest BCUT2D eigenvalue weighted by molar-refractivity contribution is 0.0724. The number of likely N-dealkylation sites (tertiary alicyclic amines) is 1. The van der Waals surface area contributed by atoms with Crippen LogP contribution in [0.25, 0.3) is 0 Å². The van der Waals surface area contributed by atoms with Crippen molar-refractivity contribution in [3.63, 3.8) is 0 Å². The van der Waals surface area contributed by atoms with E-state index in [1.165, 1.54) is 6.42 Å². The Hall–Kier alpha value is -2.54. The molecule has 1 aliphatic heterocycles. The molecule has 0 saturated carbocycles. The molecule has 6 nitrogen and oxygen atoms in total. The minimum absolute atomic E-state index is 0.0595. The topological polar surface area (TPSA) is 67.9 Å². The summed E-state index contributed by atoms with van der Waals surface area (Å²) in [6.45, 7) is 4.54. The van der Waals surface area contributed by atoms with Crippen molar-refractivity contribution in [1.82, 2.24) is 10.2 Å². The maximum Gasteiger partial charge on any atom is 0.253 e. The summed E-state index contributed by atoms with van der Waals surface area (Å²) >= 11 is 3.47. The van der Waals surface area contributed by atoms with Gasteiger partial charge in [0.15, 0.2) is 11.5 Å². The fraction of sp³-hybridized carbons (Fsp3) is 0.417. The van der Waals surface area contributed by atoms with Crippen LogP contribution in [0.15, 0.2) is 40.9 Å². The number of halogens is 1. The Balaban J connectivity index is 1.66. The quantitative estimate of drug-likeness (QED) is 0.579. The van der Waals surface area contributed by atoms with Gasteiger partial charge in [0.1, 0.15) is 0 Å². The fourth-order valence-electron chi connectivity index (χ4n) is 3.57. The lowest BCUT2D eigenvalue weighted by Gasteiger charge is -2.26. The summed E-state index contributed by atoms with van der Waals surface area (Å²) in [6, 6.07) is 10.8. The molecule has 7 heteroatoms. The number of ether oxygens (including phenoxy) is 2. The number of nitrogens with zero attached hydrogens (tertiary/aromatic N) is 1. The predicted molar refractivity (Wildman–Crippen MR) is 124 cm³/mol. The van der Waals surface area contributed by atoms with Crippen LogP contribution >= 0.6 is 15.9 Å². The van der Waals surface area contributed by atoms with Gasteiger partial charge in [0.2, 0.25) is 0 Å². The summed E-state index contributed by atoms with van der Waals surface area (Å²) in [5, 5.41) is 2.92. The molecule has 0 aliphatic carbocycles. The van der Waals surface area contributed by atoms with Gasteiger partial charge in [-0.1, -0.05) is 19.1 Å². The summed E-state index contributed by atoms with van der Waals surface area (Å²) in [5.74, 6) is 0.921. The van der Waals surface area contributed by atoms with Crippen LogP contribution in [-0.4, -0.2) is 43.5 Å². The number of carbonyl (C=O) groups is 2. The average Bonchev–Trinajstić information content (AvgIpc) is 2.81. The summed E-state index contributed by atoms with van der Waals surface area (Å²) in [4.78, 5) is 27.4. The largest absolute Gasteiger partial charge is 0.493 e. The Labute approximate surface area is 192 Å². The van der Waals surface area contributed by atoms with E-state index < -0.39 is 0 Å².